The van der Waals surface area contributed by atoms with Crippen LogP contribution in [0.25, 0.3) is 6.08 Å². The summed E-state index contributed by atoms with van der Waals surface area (Å²) >= 11 is 11.7. The monoisotopic (exact) mass is 405 g/mol. The second kappa shape index (κ2) is 6.60. The molecule has 0 N–H and O–H groups in total. The lowest BCUT2D eigenvalue weighted by Gasteiger charge is -2.45. The summed E-state index contributed by atoms with van der Waals surface area (Å²) in [4.78, 5) is 30.0. The van der Waals surface area contributed by atoms with E-state index in [1.54, 1.807) is 20.2 Å². The molecular weight excluding hydrogens is 382 g/mol. The van der Waals surface area contributed by atoms with E-state index in [1.165, 1.54) is 15.4 Å². The first-order valence-electron chi connectivity index (χ1n) is 8.84. The zero-order valence-corrected chi connectivity index (χ0v) is 18.0. The Labute approximate surface area is 170 Å². The SMILES string of the molecule is CC1CC(C)(C)N(C)c2cc(Cl)c(C=C3C(=O)N(C)C(=S)N(C)C3=O)cc21. The van der Waals surface area contributed by atoms with Crippen molar-refractivity contribution in [3.8, 4) is 0 Å². The Balaban J connectivity index is 2.10. The molecule has 2 aliphatic rings. The van der Waals surface area contributed by atoms with Gasteiger partial charge in [0.2, 0.25) is 0 Å². The quantitative estimate of drug-likeness (QED) is 0.406. The van der Waals surface area contributed by atoms with E-state index in [4.69, 9.17) is 23.8 Å². The first kappa shape index (κ1) is 19.8. The lowest BCUT2D eigenvalue weighted by atomic mass is 9.80. The van der Waals surface area contributed by atoms with Gasteiger partial charge in [-0.05, 0) is 67.7 Å². The summed E-state index contributed by atoms with van der Waals surface area (Å²) in [6.45, 7) is 6.61. The molecule has 2 heterocycles. The molecule has 0 aliphatic carbocycles. The van der Waals surface area contributed by atoms with Crippen molar-refractivity contribution in [2.75, 3.05) is 26.0 Å². The molecule has 5 nitrogen and oxygen atoms in total. The normalized spacial score (nSPS) is 22.3. The third-order valence-corrected chi connectivity index (χ3v) is 6.57. The predicted octanol–water partition coefficient (Wildman–Crippen LogP) is 3.66. The number of anilines is 1. The molecule has 3 rings (SSSR count). The first-order chi connectivity index (χ1) is 12.5. The van der Waals surface area contributed by atoms with Crippen LogP contribution in [0.3, 0.4) is 0 Å². The van der Waals surface area contributed by atoms with Crippen molar-refractivity contribution in [1.29, 1.82) is 0 Å². The lowest BCUT2D eigenvalue weighted by molar-refractivity contribution is -0.132. The molecule has 0 bridgehead atoms. The van der Waals surface area contributed by atoms with Gasteiger partial charge in [0, 0.05) is 37.4 Å². The number of hydrogen-bond acceptors (Lipinski definition) is 4. The maximum atomic E-state index is 12.6. The third-order valence-electron chi connectivity index (χ3n) is 5.70. The smallest absolute Gasteiger partial charge is 0.265 e. The lowest BCUT2D eigenvalue weighted by Crippen LogP contribution is -2.52. The Morgan fingerprint density at radius 1 is 1.15 bits per heavy atom. The minimum atomic E-state index is -0.414. The largest absolute Gasteiger partial charge is 0.369 e. The fourth-order valence-corrected chi connectivity index (χ4v) is 4.22. The summed E-state index contributed by atoms with van der Waals surface area (Å²) in [5, 5.41) is 0.702. The van der Waals surface area contributed by atoms with Gasteiger partial charge in [-0.1, -0.05) is 18.5 Å². The van der Waals surface area contributed by atoms with Crippen LogP contribution in [0.1, 0.15) is 44.2 Å². The fraction of sp³-hybridized carbons (Fsp3) is 0.450. The molecule has 0 saturated carbocycles. The van der Waals surface area contributed by atoms with Crippen LogP contribution in [0.5, 0.6) is 0 Å². The number of rotatable bonds is 1. The number of carbonyl (C=O) groups is 2. The molecule has 144 valence electrons. The Morgan fingerprint density at radius 2 is 1.70 bits per heavy atom. The average molecular weight is 406 g/mol. The van der Waals surface area contributed by atoms with E-state index < -0.39 is 11.8 Å². The topological polar surface area (TPSA) is 43.9 Å². The minimum absolute atomic E-state index is 0.0339. The van der Waals surface area contributed by atoms with Crippen LogP contribution >= 0.6 is 23.8 Å². The van der Waals surface area contributed by atoms with E-state index in [2.05, 4.69) is 32.7 Å². The number of hydrogen-bond donors (Lipinski definition) is 0. The van der Waals surface area contributed by atoms with Gasteiger partial charge in [-0.2, -0.15) is 0 Å². The molecule has 0 spiro atoms. The molecule has 7 heteroatoms. The van der Waals surface area contributed by atoms with Gasteiger partial charge in [0.15, 0.2) is 5.11 Å². The van der Waals surface area contributed by atoms with Gasteiger partial charge in [0.25, 0.3) is 11.8 Å². The van der Waals surface area contributed by atoms with Gasteiger partial charge in [0.1, 0.15) is 5.57 Å². The van der Waals surface area contributed by atoms with E-state index in [-0.39, 0.29) is 16.2 Å². The summed E-state index contributed by atoms with van der Waals surface area (Å²) in [6, 6.07) is 3.92. The number of carbonyl (C=O) groups excluding carboxylic acids is 2. The molecule has 1 unspecified atom stereocenters. The molecule has 27 heavy (non-hydrogen) atoms. The number of likely N-dealkylation sites (N-methyl/N-ethyl adjacent to an activating group) is 2. The summed E-state index contributed by atoms with van der Waals surface area (Å²) < 4.78 is 0. The van der Waals surface area contributed by atoms with Crippen LogP contribution in [-0.2, 0) is 9.59 Å². The Morgan fingerprint density at radius 3 is 2.26 bits per heavy atom. The number of halogens is 1. The molecule has 1 saturated heterocycles. The third kappa shape index (κ3) is 3.15. The van der Waals surface area contributed by atoms with Gasteiger partial charge in [-0.25, -0.2) is 0 Å². The van der Waals surface area contributed by atoms with Crippen LogP contribution in [0.15, 0.2) is 17.7 Å². The number of nitrogens with zero attached hydrogens (tertiary/aromatic N) is 3. The van der Waals surface area contributed by atoms with Gasteiger partial charge in [-0.3, -0.25) is 19.4 Å². The summed E-state index contributed by atoms with van der Waals surface area (Å²) in [6.07, 6.45) is 2.58. The van der Waals surface area contributed by atoms with Crippen LogP contribution in [-0.4, -0.2) is 53.4 Å². The van der Waals surface area contributed by atoms with E-state index in [9.17, 15) is 9.59 Å². The van der Waals surface area contributed by atoms with Gasteiger partial charge in [-0.15, -0.1) is 0 Å². The average Bonchev–Trinajstić information content (AvgIpc) is 2.60. The van der Waals surface area contributed by atoms with Crippen molar-refractivity contribution in [1.82, 2.24) is 9.80 Å². The van der Waals surface area contributed by atoms with Crippen molar-refractivity contribution in [2.24, 2.45) is 0 Å². The summed E-state index contributed by atoms with van der Waals surface area (Å²) in [5.74, 6) is -0.484. The van der Waals surface area contributed by atoms with E-state index in [0.29, 0.717) is 16.5 Å². The van der Waals surface area contributed by atoms with Crippen molar-refractivity contribution >= 4 is 52.5 Å². The first-order valence-corrected chi connectivity index (χ1v) is 9.63. The maximum Gasteiger partial charge on any atom is 0.265 e. The van der Waals surface area contributed by atoms with Crippen LogP contribution < -0.4 is 4.90 Å². The van der Waals surface area contributed by atoms with E-state index in [1.807, 2.05) is 12.1 Å². The van der Waals surface area contributed by atoms with Crippen LogP contribution in [0, 0.1) is 0 Å². The predicted molar refractivity (Wildman–Crippen MR) is 113 cm³/mol. The molecule has 1 aromatic carbocycles. The summed E-state index contributed by atoms with van der Waals surface area (Å²) in [7, 11) is 5.20. The van der Waals surface area contributed by atoms with Crippen molar-refractivity contribution in [3.63, 3.8) is 0 Å². The second-order valence-electron chi connectivity index (χ2n) is 7.98. The van der Waals surface area contributed by atoms with Crippen molar-refractivity contribution in [2.45, 2.75) is 38.6 Å². The summed E-state index contributed by atoms with van der Waals surface area (Å²) in [5.41, 5.74) is 3.02. The molecule has 2 aliphatic heterocycles. The minimum Gasteiger partial charge on any atom is -0.369 e. The molecule has 2 amide bonds. The van der Waals surface area contributed by atoms with Gasteiger partial charge < -0.3 is 4.90 Å². The number of fused-ring (bicyclic) bond motifs is 1. The second-order valence-corrected chi connectivity index (χ2v) is 8.75. The van der Waals surface area contributed by atoms with E-state index in [0.717, 1.165) is 12.1 Å². The molecule has 1 aromatic rings. The highest BCUT2D eigenvalue weighted by Gasteiger charge is 2.37. The molecule has 0 radical (unpaired) electrons. The highest BCUT2D eigenvalue weighted by atomic mass is 35.5. The zero-order valence-electron chi connectivity index (χ0n) is 16.5. The van der Waals surface area contributed by atoms with Crippen LogP contribution in [0.4, 0.5) is 5.69 Å². The fourth-order valence-electron chi connectivity index (χ4n) is 3.85. The number of amides is 2. The van der Waals surface area contributed by atoms with Crippen LogP contribution in [0.2, 0.25) is 5.02 Å². The Hall–Kier alpha value is -1.92. The Bertz CT molecular complexity index is 867. The standard InChI is InChI=1S/C20H24ClN3O2S/c1-11-10-20(2,3)24(6)16-9-15(21)12(7-13(11)16)8-14-17(25)22(4)19(27)23(5)18(14)26/h7-9,11H,10H2,1-6H3. The molecule has 1 fully saturated rings. The van der Waals surface area contributed by atoms with Gasteiger partial charge in [0.05, 0.1) is 0 Å². The number of benzene rings is 1. The number of thiocarbonyl (C=S) groups is 1. The zero-order chi connectivity index (χ0) is 20.3. The highest BCUT2D eigenvalue weighted by molar-refractivity contribution is 7.80. The molecule has 1 atom stereocenters. The Kier molecular flexibility index (Phi) is 4.85. The van der Waals surface area contributed by atoms with Crippen molar-refractivity contribution in [3.05, 3.63) is 33.9 Å². The van der Waals surface area contributed by atoms with E-state index >= 15 is 0 Å². The molecule has 0 aromatic heterocycles. The maximum absolute atomic E-state index is 12.6. The molecular formula is C20H24ClN3O2S. The van der Waals surface area contributed by atoms with Crippen molar-refractivity contribution < 1.29 is 9.59 Å². The highest BCUT2D eigenvalue weighted by Crippen LogP contribution is 2.44. The van der Waals surface area contributed by atoms with Gasteiger partial charge >= 0.3 is 0 Å².